The predicted molar refractivity (Wildman–Crippen MR) is 86.1 cm³/mol. The van der Waals surface area contributed by atoms with Gasteiger partial charge in [-0.15, -0.1) is 0 Å². The highest BCUT2D eigenvalue weighted by molar-refractivity contribution is 5.93. The van der Waals surface area contributed by atoms with Crippen LogP contribution in [0, 0.1) is 6.92 Å². The van der Waals surface area contributed by atoms with E-state index in [1.165, 1.54) is 12.8 Å². The molecule has 0 aromatic carbocycles. The molecule has 5 heteroatoms. The summed E-state index contributed by atoms with van der Waals surface area (Å²) in [5, 5.41) is 3.37. The zero-order valence-corrected chi connectivity index (χ0v) is 13.7. The van der Waals surface area contributed by atoms with Crippen molar-refractivity contribution < 1.29 is 9.53 Å². The van der Waals surface area contributed by atoms with Gasteiger partial charge in [-0.05, 0) is 31.9 Å². The summed E-state index contributed by atoms with van der Waals surface area (Å²) < 4.78 is 7.40. The Morgan fingerprint density at radius 2 is 1.95 bits per heavy atom. The van der Waals surface area contributed by atoms with Gasteiger partial charge in [0.1, 0.15) is 5.69 Å². The molecular formula is C17H27N3O2. The quantitative estimate of drug-likeness (QED) is 0.921. The first-order valence-electron chi connectivity index (χ1n) is 8.35. The first kappa shape index (κ1) is 15.6. The molecule has 0 atom stereocenters. The first-order chi connectivity index (χ1) is 10.6. The van der Waals surface area contributed by atoms with E-state index in [0.29, 0.717) is 0 Å². The van der Waals surface area contributed by atoms with Crippen LogP contribution in [0.25, 0.3) is 0 Å². The molecule has 0 unspecified atom stereocenters. The maximum absolute atomic E-state index is 12.7. The minimum absolute atomic E-state index is 0.0609. The van der Waals surface area contributed by atoms with E-state index in [4.69, 9.17) is 4.74 Å². The van der Waals surface area contributed by atoms with Crippen LogP contribution in [0.2, 0.25) is 0 Å². The molecule has 1 saturated heterocycles. The summed E-state index contributed by atoms with van der Waals surface area (Å²) in [4.78, 5) is 15.1. The van der Waals surface area contributed by atoms with Gasteiger partial charge in [0, 0.05) is 32.4 Å². The second-order valence-corrected chi connectivity index (χ2v) is 6.75. The van der Waals surface area contributed by atoms with E-state index in [1.807, 2.05) is 30.7 Å². The average Bonchev–Trinajstić information content (AvgIpc) is 3.08. The molecule has 1 amide bonds. The van der Waals surface area contributed by atoms with E-state index in [0.717, 1.165) is 57.1 Å². The zero-order valence-electron chi connectivity index (χ0n) is 13.7. The van der Waals surface area contributed by atoms with Crippen molar-refractivity contribution in [2.75, 3.05) is 32.8 Å². The number of hydrogen-bond acceptors (Lipinski definition) is 3. The van der Waals surface area contributed by atoms with Crippen LogP contribution in [0.5, 0.6) is 0 Å². The van der Waals surface area contributed by atoms with Crippen molar-refractivity contribution in [3.05, 3.63) is 23.5 Å². The van der Waals surface area contributed by atoms with Crippen molar-refractivity contribution in [1.82, 2.24) is 14.8 Å². The van der Waals surface area contributed by atoms with Crippen LogP contribution in [0.15, 0.2) is 12.1 Å². The molecule has 1 aromatic heterocycles. The van der Waals surface area contributed by atoms with Gasteiger partial charge < -0.3 is 14.6 Å². The maximum atomic E-state index is 12.7. The van der Waals surface area contributed by atoms with Crippen LogP contribution in [-0.4, -0.2) is 53.8 Å². The monoisotopic (exact) mass is 305 g/mol. The summed E-state index contributed by atoms with van der Waals surface area (Å²) in [5.41, 5.74) is 1.80. The van der Waals surface area contributed by atoms with Crippen LogP contribution in [0.3, 0.4) is 0 Å². The lowest BCUT2D eigenvalue weighted by Gasteiger charge is -2.37. The van der Waals surface area contributed by atoms with Crippen LogP contribution in [-0.2, 0) is 11.8 Å². The number of amides is 1. The molecule has 2 heterocycles. The van der Waals surface area contributed by atoms with Crippen molar-refractivity contribution in [2.24, 2.45) is 7.05 Å². The van der Waals surface area contributed by atoms with Gasteiger partial charge in [0.15, 0.2) is 0 Å². The molecule has 0 spiro atoms. The third-order valence-electron chi connectivity index (χ3n) is 5.17. The summed E-state index contributed by atoms with van der Waals surface area (Å²) >= 11 is 0. The zero-order chi connectivity index (χ0) is 15.6. The Hall–Kier alpha value is -1.33. The van der Waals surface area contributed by atoms with E-state index < -0.39 is 0 Å². The molecule has 2 aliphatic rings. The summed E-state index contributed by atoms with van der Waals surface area (Å²) in [5.74, 6) is 0.0609. The van der Waals surface area contributed by atoms with E-state index in [2.05, 4.69) is 10.2 Å². The molecule has 1 aliphatic heterocycles. The normalized spacial score (nSPS) is 21.9. The van der Waals surface area contributed by atoms with Crippen LogP contribution in [0.4, 0.5) is 0 Å². The van der Waals surface area contributed by atoms with E-state index in [-0.39, 0.29) is 11.4 Å². The van der Waals surface area contributed by atoms with Gasteiger partial charge >= 0.3 is 0 Å². The van der Waals surface area contributed by atoms with Crippen LogP contribution >= 0.6 is 0 Å². The Morgan fingerprint density at radius 1 is 1.27 bits per heavy atom. The fourth-order valence-corrected chi connectivity index (χ4v) is 3.71. The van der Waals surface area contributed by atoms with Gasteiger partial charge in [0.2, 0.25) is 0 Å². The third kappa shape index (κ3) is 3.20. The summed E-state index contributed by atoms with van der Waals surface area (Å²) in [6.45, 7) is 6.53. The standard InChI is InChI=1S/C17H27N3O2/c1-14-5-6-15(19(14)2)16(21)18-17(7-3-4-8-17)13-20-9-11-22-12-10-20/h5-6H,3-4,7-13H2,1-2H3,(H,18,21). The molecule has 22 heavy (non-hydrogen) atoms. The molecule has 1 N–H and O–H groups in total. The summed E-state index contributed by atoms with van der Waals surface area (Å²) in [7, 11) is 1.95. The van der Waals surface area contributed by atoms with E-state index in [9.17, 15) is 4.79 Å². The second-order valence-electron chi connectivity index (χ2n) is 6.75. The first-order valence-corrected chi connectivity index (χ1v) is 8.35. The predicted octanol–water partition coefficient (Wildman–Crippen LogP) is 1.71. The fourth-order valence-electron chi connectivity index (χ4n) is 3.71. The highest BCUT2D eigenvalue weighted by Gasteiger charge is 2.37. The molecule has 5 nitrogen and oxygen atoms in total. The Labute approximate surface area is 132 Å². The number of nitrogens with zero attached hydrogens (tertiary/aromatic N) is 2. The average molecular weight is 305 g/mol. The molecule has 0 radical (unpaired) electrons. The van der Waals surface area contributed by atoms with Crippen molar-refractivity contribution in [3.63, 3.8) is 0 Å². The molecule has 2 fully saturated rings. The summed E-state index contributed by atoms with van der Waals surface area (Å²) in [6, 6.07) is 3.92. The number of aromatic nitrogens is 1. The van der Waals surface area contributed by atoms with E-state index in [1.54, 1.807) is 0 Å². The Kier molecular flexibility index (Phi) is 4.54. The third-order valence-corrected chi connectivity index (χ3v) is 5.17. The molecular weight excluding hydrogens is 278 g/mol. The minimum atomic E-state index is -0.0629. The SMILES string of the molecule is Cc1ccc(C(=O)NC2(CN3CCOCC3)CCCC2)n1C. The van der Waals surface area contributed by atoms with Gasteiger partial charge in [0.25, 0.3) is 5.91 Å². The van der Waals surface area contributed by atoms with Gasteiger partial charge in [-0.25, -0.2) is 0 Å². The van der Waals surface area contributed by atoms with Crippen molar-refractivity contribution >= 4 is 5.91 Å². The molecule has 1 aliphatic carbocycles. The number of carbonyl (C=O) groups excluding carboxylic acids is 1. The maximum Gasteiger partial charge on any atom is 0.268 e. The topological polar surface area (TPSA) is 46.5 Å². The number of rotatable bonds is 4. The number of morpholine rings is 1. The van der Waals surface area contributed by atoms with Gasteiger partial charge in [0.05, 0.1) is 18.8 Å². The molecule has 1 saturated carbocycles. The second kappa shape index (κ2) is 6.42. The molecule has 122 valence electrons. The lowest BCUT2D eigenvalue weighted by Crippen LogP contribution is -2.55. The Bertz CT molecular complexity index is 526. The molecule has 1 aromatic rings. The molecule has 0 bridgehead atoms. The Morgan fingerprint density at radius 3 is 2.55 bits per heavy atom. The molecule has 3 rings (SSSR count). The fraction of sp³-hybridized carbons (Fsp3) is 0.706. The number of carbonyl (C=O) groups is 1. The smallest absolute Gasteiger partial charge is 0.268 e. The summed E-state index contributed by atoms with van der Waals surface area (Å²) in [6.07, 6.45) is 4.58. The Balaban J connectivity index is 1.70. The number of hydrogen-bond donors (Lipinski definition) is 1. The lowest BCUT2D eigenvalue weighted by molar-refractivity contribution is 0.0237. The van der Waals surface area contributed by atoms with Gasteiger partial charge in [-0.2, -0.15) is 0 Å². The number of ether oxygens (including phenoxy) is 1. The van der Waals surface area contributed by atoms with Crippen molar-refractivity contribution in [2.45, 2.75) is 38.1 Å². The largest absolute Gasteiger partial charge is 0.379 e. The van der Waals surface area contributed by atoms with E-state index >= 15 is 0 Å². The van der Waals surface area contributed by atoms with Crippen LogP contribution < -0.4 is 5.32 Å². The highest BCUT2D eigenvalue weighted by atomic mass is 16.5. The van der Waals surface area contributed by atoms with Crippen molar-refractivity contribution in [3.8, 4) is 0 Å². The van der Waals surface area contributed by atoms with Gasteiger partial charge in [-0.1, -0.05) is 12.8 Å². The van der Waals surface area contributed by atoms with Crippen LogP contribution in [0.1, 0.15) is 41.9 Å². The lowest BCUT2D eigenvalue weighted by atomic mass is 9.96. The van der Waals surface area contributed by atoms with Crippen molar-refractivity contribution in [1.29, 1.82) is 0 Å². The minimum Gasteiger partial charge on any atom is -0.379 e. The highest BCUT2D eigenvalue weighted by Crippen LogP contribution is 2.31. The number of nitrogens with one attached hydrogen (secondary N) is 1. The number of aryl methyl sites for hydroxylation is 1. The van der Waals surface area contributed by atoms with Gasteiger partial charge in [-0.3, -0.25) is 9.69 Å².